The SMILES string of the molecule is CCN(CC)S(=O)(=O)c1ccc2c(c1)oc(=O)n2CC(=O)N1CCOCC1. The van der Waals surface area contributed by atoms with Crippen molar-refractivity contribution in [3.63, 3.8) is 0 Å². The largest absolute Gasteiger partial charge is 0.420 e. The maximum atomic E-state index is 12.6. The third-order valence-electron chi connectivity index (χ3n) is 4.64. The molecule has 9 nitrogen and oxygen atoms in total. The van der Waals surface area contributed by atoms with E-state index in [9.17, 15) is 18.0 Å². The second-order valence-electron chi connectivity index (χ2n) is 6.17. The normalized spacial score (nSPS) is 15.6. The van der Waals surface area contributed by atoms with Crippen LogP contribution in [-0.2, 0) is 26.1 Å². The highest BCUT2D eigenvalue weighted by molar-refractivity contribution is 7.89. The molecule has 1 aliphatic rings. The van der Waals surface area contributed by atoms with Crippen molar-refractivity contribution in [3.8, 4) is 0 Å². The zero-order valence-corrected chi connectivity index (χ0v) is 16.2. The number of carbonyl (C=O) groups excluding carboxylic acids is 1. The highest BCUT2D eigenvalue weighted by atomic mass is 32.2. The van der Waals surface area contributed by atoms with E-state index in [1.54, 1.807) is 18.7 Å². The molecule has 0 bridgehead atoms. The van der Waals surface area contributed by atoms with Crippen LogP contribution in [0.5, 0.6) is 0 Å². The van der Waals surface area contributed by atoms with Gasteiger partial charge in [0.2, 0.25) is 15.9 Å². The van der Waals surface area contributed by atoms with E-state index in [2.05, 4.69) is 0 Å². The topological polar surface area (TPSA) is 102 Å². The number of nitrogens with zero attached hydrogens (tertiary/aromatic N) is 3. The van der Waals surface area contributed by atoms with Gasteiger partial charge in [-0.15, -0.1) is 0 Å². The van der Waals surface area contributed by atoms with Crippen molar-refractivity contribution in [2.75, 3.05) is 39.4 Å². The number of ether oxygens (including phenoxy) is 1. The third kappa shape index (κ3) is 3.78. The van der Waals surface area contributed by atoms with Crippen LogP contribution in [0.1, 0.15) is 13.8 Å². The molecule has 1 aromatic heterocycles. The molecular formula is C17H23N3O6S. The highest BCUT2D eigenvalue weighted by Gasteiger charge is 2.24. The molecule has 0 N–H and O–H groups in total. The highest BCUT2D eigenvalue weighted by Crippen LogP contribution is 2.21. The number of hydrogen-bond donors (Lipinski definition) is 0. The number of amides is 1. The summed E-state index contributed by atoms with van der Waals surface area (Å²) in [7, 11) is -3.66. The van der Waals surface area contributed by atoms with Crippen molar-refractivity contribution in [1.29, 1.82) is 0 Å². The number of carbonyl (C=O) groups is 1. The van der Waals surface area contributed by atoms with Crippen LogP contribution in [0, 0.1) is 0 Å². The molecule has 2 aromatic rings. The second-order valence-corrected chi connectivity index (χ2v) is 8.10. The third-order valence-corrected chi connectivity index (χ3v) is 6.69. The molecule has 1 saturated heterocycles. The van der Waals surface area contributed by atoms with Crippen LogP contribution in [0.2, 0.25) is 0 Å². The van der Waals surface area contributed by atoms with E-state index in [0.717, 1.165) is 0 Å². The monoisotopic (exact) mass is 397 g/mol. The van der Waals surface area contributed by atoms with E-state index in [1.807, 2.05) is 0 Å². The van der Waals surface area contributed by atoms with Crippen LogP contribution in [0.3, 0.4) is 0 Å². The molecular weight excluding hydrogens is 374 g/mol. The first-order valence-electron chi connectivity index (χ1n) is 8.87. The van der Waals surface area contributed by atoms with Gasteiger partial charge < -0.3 is 14.1 Å². The predicted octanol–water partition coefficient (Wildman–Crippen LogP) is 0.484. The molecule has 1 fully saturated rings. The van der Waals surface area contributed by atoms with Gasteiger partial charge in [-0.1, -0.05) is 13.8 Å². The van der Waals surface area contributed by atoms with Gasteiger partial charge in [0.15, 0.2) is 5.58 Å². The predicted molar refractivity (Wildman–Crippen MR) is 98.0 cm³/mol. The van der Waals surface area contributed by atoms with Crippen LogP contribution < -0.4 is 5.76 Å². The first-order chi connectivity index (χ1) is 12.9. The van der Waals surface area contributed by atoms with E-state index >= 15 is 0 Å². The molecule has 1 aromatic carbocycles. The first-order valence-corrected chi connectivity index (χ1v) is 10.3. The lowest BCUT2D eigenvalue weighted by atomic mass is 10.3. The van der Waals surface area contributed by atoms with Crippen molar-refractivity contribution in [1.82, 2.24) is 13.8 Å². The molecule has 2 heterocycles. The zero-order valence-electron chi connectivity index (χ0n) is 15.4. The Balaban J connectivity index is 1.92. The van der Waals surface area contributed by atoms with Gasteiger partial charge in [-0.3, -0.25) is 9.36 Å². The molecule has 0 aliphatic carbocycles. The molecule has 0 atom stereocenters. The Bertz CT molecular complexity index is 984. The Morgan fingerprint density at radius 3 is 2.48 bits per heavy atom. The summed E-state index contributed by atoms with van der Waals surface area (Å²) in [5.41, 5.74) is 0.531. The Kier molecular flexibility index (Phi) is 5.68. The minimum atomic E-state index is -3.66. The van der Waals surface area contributed by atoms with Crippen LogP contribution in [-0.4, -0.2) is 67.5 Å². The fourth-order valence-corrected chi connectivity index (χ4v) is 4.59. The second kappa shape index (κ2) is 7.83. The summed E-state index contributed by atoms with van der Waals surface area (Å²) in [6.45, 7) is 5.95. The minimum absolute atomic E-state index is 0.0547. The summed E-state index contributed by atoms with van der Waals surface area (Å²) in [5, 5.41) is 0. The Morgan fingerprint density at radius 2 is 1.85 bits per heavy atom. The van der Waals surface area contributed by atoms with Crippen LogP contribution in [0.4, 0.5) is 0 Å². The molecule has 148 valence electrons. The van der Waals surface area contributed by atoms with Crippen molar-refractivity contribution < 1.29 is 22.4 Å². The number of hydrogen-bond acceptors (Lipinski definition) is 6. The average Bonchev–Trinajstić information content (AvgIpc) is 2.97. The molecule has 0 spiro atoms. The maximum absolute atomic E-state index is 12.6. The standard InChI is InChI=1S/C17H23N3O6S/c1-3-19(4-2)27(23,24)13-5-6-14-15(11-13)26-17(22)20(14)12-16(21)18-7-9-25-10-8-18/h5-6,11H,3-4,7-10,12H2,1-2H3. The van der Waals surface area contributed by atoms with Gasteiger partial charge in [0.1, 0.15) is 6.54 Å². The van der Waals surface area contributed by atoms with E-state index in [4.69, 9.17) is 9.15 Å². The number of rotatable bonds is 6. The number of oxazole rings is 1. The number of sulfonamides is 1. The van der Waals surface area contributed by atoms with Crippen molar-refractivity contribution in [3.05, 3.63) is 28.7 Å². The fraction of sp³-hybridized carbons (Fsp3) is 0.529. The molecule has 1 amide bonds. The van der Waals surface area contributed by atoms with E-state index in [1.165, 1.54) is 27.1 Å². The van der Waals surface area contributed by atoms with Gasteiger partial charge in [-0.2, -0.15) is 4.31 Å². The molecule has 27 heavy (non-hydrogen) atoms. The van der Waals surface area contributed by atoms with Gasteiger partial charge in [0.25, 0.3) is 0 Å². The zero-order chi connectivity index (χ0) is 19.6. The lowest BCUT2D eigenvalue weighted by molar-refractivity contribution is -0.135. The lowest BCUT2D eigenvalue weighted by Crippen LogP contribution is -2.43. The average molecular weight is 397 g/mol. The molecule has 1 aliphatic heterocycles. The number of morpholine rings is 1. The number of fused-ring (bicyclic) bond motifs is 1. The lowest BCUT2D eigenvalue weighted by Gasteiger charge is -2.26. The Hall–Kier alpha value is -2.17. The molecule has 0 radical (unpaired) electrons. The van der Waals surface area contributed by atoms with E-state index in [-0.39, 0.29) is 22.9 Å². The van der Waals surface area contributed by atoms with E-state index in [0.29, 0.717) is 44.9 Å². The Morgan fingerprint density at radius 1 is 1.19 bits per heavy atom. The van der Waals surface area contributed by atoms with Crippen molar-refractivity contribution in [2.24, 2.45) is 0 Å². The van der Waals surface area contributed by atoms with Gasteiger partial charge in [0.05, 0.1) is 23.6 Å². The number of aromatic nitrogens is 1. The smallest absolute Gasteiger partial charge is 0.408 e. The molecule has 0 unspecified atom stereocenters. The Labute approximate surface area is 157 Å². The van der Waals surface area contributed by atoms with Gasteiger partial charge in [-0.25, -0.2) is 13.2 Å². The number of benzene rings is 1. The van der Waals surface area contributed by atoms with Crippen molar-refractivity contribution in [2.45, 2.75) is 25.3 Å². The van der Waals surface area contributed by atoms with Crippen LogP contribution in [0.25, 0.3) is 11.1 Å². The summed E-state index contributed by atoms with van der Waals surface area (Å²) < 4.78 is 38.2. The molecule has 10 heteroatoms. The van der Waals surface area contributed by atoms with Crippen LogP contribution >= 0.6 is 0 Å². The summed E-state index contributed by atoms with van der Waals surface area (Å²) >= 11 is 0. The first kappa shape index (κ1) is 19.6. The molecule has 3 rings (SSSR count). The quantitative estimate of drug-likeness (QED) is 0.703. The maximum Gasteiger partial charge on any atom is 0.420 e. The molecule has 0 saturated carbocycles. The van der Waals surface area contributed by atoms with Crippen molar-refractivity contribution >= 4 is 27.0 Å². The van der Waals surface area contributed by atoms with Gasteiger partial charge in [0, 0.05) is 32.2 Å². The van der Waals surface area contributed by atoms with Gasteiger partial charge >= 0.3 is 5.76 Å². The van der Waals surface area contributed by atoms with Crippen LogP contribution in [0.15, 0.2) is 32.3 Å². The summed E-state index contributed by atoms with van der Waals surface area (Å²) in [4.78, 5) is 26.3. The van der Waals surface area contributed by atoms with Gasteiger partial charge in [-0.05, 0) is 12.1 Å². The summed E-state index contributed by atoms with van der Waals surface area (Å²) in [6.07, 6.45) is 0. The minimum Gasteiger partial charge on any atom is -0.408 e. The summed E-state index contributed by atoms with van der Waals surface area (Å²) in [6, 6.07) is 4.27. The fourth-order valence-electron chi connectivity index (χ4n) is 3.12. The summed E-state index contributed by atoms with van der Waals surface area (Å²) in [5.74, 6) is -0.896. The van der Waals surface area contributed by atoms with E-state index < -0.39 is 15.8 Å².